The summed E-state index contributed by atoms with van der Waals surface area (Å²) in [6.07, 6.45) is 1.45. The third-order valence-corrected chi connectivity index (χ3v) is 3.33. The second kappa shape index (κ2) is 6.43. The highest BCUT2D eigenvalue weighted by Gasteiger charge is 2.15. The predicted octanol–water partition coefficient (Wildman–Crippen LogP) is 3.49. The highest BCUT2D eigenvalue weighted by Crippen LogP contribution is 2.16. The van der Waals surface area contributed by atoms with E-state index < -0.39 is 0 Å². The molecule has 0 heterocycles. The summed E-state index contributed by atoms with van der Waals surface area (Å²) in [5.41, 5.74) is 1.19. The first-order valence-electron chi connectivity index (χ1n) is 6.20. The summed E-state index contributed by atoms with van der Waals surface area (Å²) in [6.45, 7) is 6.20. The fourth-order valence-corrected chi connectivity index (χ4v) is 1.66. The lowest BCUT2D eigenvalue weighted by atomic mass is 9.90. The average molecular weight is 234 g/mol. The molecule has 0 fully saturated rings. The highest BCUT2D eigenvalue weighted by molar-refractivity contribution is 5.81. The van der Waals surface area contributed by atoms with Gasteiger partial charge < -0.3 is 4.74 Å². The zero-order chi connectivity index (χ0) is 12.8. The van der Waals surface area contributed by atoms with Crippen molar-refractivity contribution in [3.63, 3.8) is 0 Å². The van der Waals surface area contributed by atoms with Gasteiger partial charge >= 0.3 is 0 Å². The van der Waals surface area contributed by atoms with Crippen LogP contribution in [0.2, 0.25) is 0 Å². The molecule has 0 bridgehead atoms. The summed E-state index contributed by atoms with van der Waals surface area (Å²) in [6, 6.07) is 7.91. The molecule has 0 spiro atoms. The Morgan fingerprint density at radius 2 is 1.76 bits per heavy atom. The Morgan fingerprint density at radius 3 is 2.24 bits per heavy atom. The molecule has 1 atom stereocenters. The van der Waals surface area contributed by atoms with Crippen LogP contribution in [0.4, 0.5) is 0 Å². The van der Waals surface area contributed by atoms with Crippen LogP contribution in [-0.2, 0) is 11.2 Å². The van der Waals surface area contributed by atoms with Gasteiger partial charge in [0.25, 0.3) is 0 Å². The molecule has 94 valence electrons. The number of carbonyl (C=O) groups is 1. The molecule has 1 aromatic rings. The van der Waals surface area contributed by atoms with Gasteiger partial charge in [0.1, 0.15) is 11.5 Å². The maximum absolute atomic E-state index is 11.9. The van der Waals surface area contributed by atoms with Gasteiger partial charge in [-0.15, -0.1) is 0 Å². The number of aryl methyl sites for hydroxylation is 1. The number of hydrogen-bond acceptors (Lipinski definition) is 2. The molecule has 0 aliphatic rings. The fourth-order valence-electron chi connectivity index (χ4n) is 1.66. The molecule has 0 radical (unpaired) electrons. The number of hydrogen-bond donors (Lipinski definition) is 0. The molecule has 0 aromatic heterocycles. The number of rotatable bonds is 6. The molecule has 2 nitrogen and oxygen atoms in total. The molecule has 17 heavy (non-hydrogen) atoms. The lowest BCUT2D eigenvalue weighted by Gasteiger charge is -2.13. The van der Waals surface area contributed by atoms with Crippen molar-refractivity contribution in [2.45, 2.75) is 33.6 Å². The molecule has 1 rings (SSSR count). The molecule has 0 N–H and O–H groups in total. The molecular formula is C15H22O2. The van der Waals surface area contributed by atoms with E-state index in [0.717, 1.165) is 12.2 Å². The Kier molecular flexibility index (Phi) is 5.20. The number of methoxy groups -OCH3 is 1. The quantitative estimate of drug-likeness (QED) is 0.753. The van der Waals surface area contributed by atoms with E-state index in [0.29, 0.717) is 18.1 Å². The second-order valence-corrected chi connectivity index (χ2v) is 4.85. The zero-order valence-electron chi connectivity index (χ0n) is 11.2. The Hall–Kier alpha value is -1.31. The smallest absolute Gasteiger partial charge is 0.136 e. The largest absolute Gasteiger partial charge is 0.497 e. The maximum atomic E-state index is 11.9. The van der Waals surface area contributed by atoms with Crippen molar-refractivity contribution < 1.29 is 9.53 Å². The summed E-state index contributed by atoms with van der Waals surface area (Å²) < 4.78 is 5.10. The minimum absolute atomic E-state index is 0.160. The van der Waals surface area contributed by atoms with Gasteiger partial charge in [0.15, 0.2) is 0 Å². The minimum atomic E-state index is 0.160. The van der Waals surface area contributed by atoms with Crippen molar-refractivity contribution in [2.24, 2.45) is 11.8 Å². The first-order chi connectivity index (χ1) is 8.04. The summed E-state index contributed by atoms with van der Waals surface area (Å²) >= 11 is 0. The lowest BCUT2D eigenvalue weighted by Crippen LogP contribution is -2.17. The number of ether oxygens (including phenoxy) is 1. The van der Waals surface area contributed by atoms with Gasteiger partial charge in [-0.3, -0.25) is 4.79 Å². The number of Topliss-reactive ketones (excluding diaryl/α,β-unsaturated/α-hetero) is 1. The van der Waals surface area contributed by atoms with Crippen molar-refractivity contribution in [1.82, 2.24) is 0 Å². The van der Waals surface area contributed by atoms with Crippen LogP contribution >= 0.6 is 0 Å². The van der Waals surface area contributed by atoms with Gasteiger partial charge in [-0.25, -0.2) is 0 Å². The van der Waals surface area contributed by atoms with Crippen LogP contribution in [-0.4, -0.2) is 12.9 Å². The van der Waals surface area contributed by atoms with Crippen molar-refractivity contribution in [3.8, 4) is 5.75 Å². The average Bonchev–Trinajstić information content (AvgIpc) is 2.35. The zero-order valence-corrected chi connectivity index (χ0v) is 11.2. The first-order valence-corrected chi connectivity index (χ1v) is 6.20. The summed E-state index contributed by atoms with van der Waals surface area (Å²) in [7, 11) is 1.66. The van der Waals surface area contributed by atoms with E-state index in [4.69, 9.17) is 4.74 Å². The molecule has 0 aliphatic heterocycles. The Morgan fingerprint density at radius 1 is 1.18 bits per heavy atom. The molecule has 0 saturated heterocycles. The molecule has 0 amide bonds. The minimum Gasteiger partial charge on any atom is -0.497 e. The summed E-state index contributed by atoms with van der Waals surface area (Å²) in [5, 5.41) is 0. The normalized spacial score (nSPS) is 12.5. The SMILES string of the molecule is COc1ccc(CCC(=O)C(C)C(C)C)cc1. The van der Waals surface area contributed by atoms with E-state index >= 15 is 0 Å². The molecule has 0 saturated carbocycles. The maximum Gasteiger partial charge on any atom is 0.136 e. The summed E-state index contributed by atoms with van der Waals surface area (Å²) in [4.78, 5) is 11.9. The van der Waals surface area contributed by atoms with Gasteiger partial charge in [-0.1, -0.05) is 32.9 Å². The topological polar surface area (TPSA) is 26.3 Å². The molecule has 1 unspecified atom stereocenters. The Bertz CT molecular complexity index is 352. The van der Waals surface area contributed by atoms with Crippen LogP contribution in [0, 0.1) is 11.8 Å². The van der Waals surface area contributed by atoms with E-state index in [1.165, 1.54) is 5.56 Å². The van der Waals surface area contributed by atoms with Gasteiger partial charge in [-0.2, -0.15) is 0 Å². The molecular weight excluding hydrogens is 212 g/mol. The molecule has 2 heteroatoms. The van der Waals surface area contributed by atoms with Crippen LogP contribution in [0.5, 0.6) is 5.75 Å². The number of benzene rings is 1. The van der Waals surface area contributed by atoms with E-state index in [9.17, 15) is 4.79 Å². The van der Waals surface area contributed by atoms with Crippen molar-refractivity contribution >= 4 is 5.78 Å². The third kappa shape index (κ3) is 4.22. The highest BCUT2D eigenvalue weighted by atomic mass is 16.5. The van der Waals surface area contributed by atoms with Crippen molar-refractivity contribution in [3.05, 3.63) is 29.8 Å². The molecule has 0 aliphatic carbocycles. The van der Waals surface area contributed by atoms with Crippen LogP contribution in [0.1, 0.15) is 32.8 Å². The monoisotopic (exact) mass is 234 g/mol. The van der Waals surface area contributed by atoms with Gasteiger partial charge in [0.05, 0.1) is 7.11 Å². The fraction of sp³-hybridized carbons (Fsp3) is 0.533. The van der Waals surface area contributed by atoms with E-state index in [-0.39, 0.29) is 5.92 Å². The van der Waals surface area contributed by atoms with Gasteiger partial charge in [0.2, 0.25) is 0 Å². The summed E-state index contributed by atoms with van der Waals surface area (Å²) in [5.74, 6) is 1.80. The molecule has 1 aromatic carbocycles. The van der Waals surface area contributed by atoms with Crippen molar-refractivity contribution in [2.75, 3.05) is 7.11 Å². The van der Waals surface area contributed by atoms with Crippen LogP contribution in [0.3, 0.4) is 0 Å². The van der Waals surface area contributed by atoms with Gasteiger partial charge in [0, 0.05) is 12.3 Å². The van der Waals surface area contributed by atoms with E-state index in [2.05, 4.69) is 13.8 Å². The van der Waals surface area contributed by atoms with Crippen molar-refractivity contribution in [1.29, 1.82) is 0 Å². The van der Waals surface area contributed by atoms with Gasteiger partial charge in [-0.05, 0) is 30.0 Å². The van der Waals surface area contributed by atoms with Crippen LogP contribution in [0.25, 0.3) is 0 Å². The Balaban J connectivity index is 2.47. The standard InChI is InChI=1S/C15H22O2/c1-11(2)12(3)15(16)10-7-13-5-8-14(17-4)9-6-13/h5-6,8-9,11-12H,7,10H2,1-4H3. The van der Waals surface area contributed by atoms with Crippen LogP contribution < -0.4 is 4.74 Å². The van der Waals surface area contributed by atoms with Crippen LogP contribution in [0.15, 0.2) is 24.3 Å². The second-order valence-electron chi connectivity index (χ2n) is 4.85. The number of carbonyl (C=O) groups excluding carboxylic acids is 1. The van der Waals surface area contributed by atoms with E-state index in [1.54, 1.807) is 7.11 Å². The lowest BCUT2D eigenvalue weighted by molar-refractivity contribution is -0.123. The van der Waals surface area contributed by atoms with E-state index in [1.807, 2.05) is 31.2 Å². The number of ketones is 1. The predicted molar refractivity (Wildman–Crippen MR) is 70.3 cm³/mol. The third-order valence-electron chi connectivity index (χ3n) is 3.33. The Labute approximate surface area is 104 Å². The first kappa shape index (κ1) is 13.8.